The maximum Gasteiger partial charge on any atom is 0.418 e. The number of amides is 3. The fourth-order valence-corrected chi connectivity index (χ4v) is 11.5. The lowest BCUT2D eigenvalue weighted by atomic mass is 10.1. The lowest BCUT2D eigenvalue weighted by Crippen LogP contribution is -2.26. The smallest absolute Gasteiger partial charge is 0.418 e. The average Bonchev–Trinajstić information content (AvgIpc) is 1.63. The van der Waals surface area contributed by atoms with Gasteiger partial charge in [0.05, 0.1) is 47.9 Å². The highest BCUT2D eigenvalue weighted by Crippen LogP contribution is 2.40. The molecule has 0 saturated heterocycles. The highest BCUT2D eigenvalue weighted by Gasteiger charge is 2.34. The second-order valence-corrected chi connectivity index (χ2v) is 27.1. The van der Waals surface area contributed by atoms with E-state index in [1.807, 2.05) is 60.6 Å². The van der Waals surface area contributed by atoms with Crippen molar-refractivity contribution in [1.82, 2.24) is 19.8 Å². The maximum absolute atomic E-state index is 12.3. The quantitative estimate of drug-likeness (QED) is 0.0449. The molecule has 32 heteroatoms. The normalized spacial score (nSPS) is 11.8. The van der Waals surface area contributed by atoms with Crippen LogP contribution in [0.4, 0.5) is 45.5 Å². The third kappa shape index (κ3) is 24.6. The number of halogens is 6. The minimum Gasteiger partial charge on any atom is -0.506 e. The number of aldehydes is 2. The highest BCUT2D eigenvalue weighted by molar-refractivity contribution is 7.92. The number of pyridine rings is 1. The van der Waals surface area contributed by atoms with E-state index in [1.54, 1.807) is 113 Å². The van der Waals surface area contributed by atoms with E-state index >= 15 is 0 Å². The summed E-state index contributed by atoms with van der Waals surface area (Å²) in [6.07, 6.45) is -3.95. The van der Waals surface area contributed by atoms with Crippen molar-refractivity contribution in [2.75, 3.05) is 62.2 Å². The number of thiazole rings is 1. The van der Waals surface area contributed by atoms with Crippen molar-refractivity contribution >= 4 is 131 Å². The summed E-state index contributed by atoms with van der Waals surface area (Å²) in [5, 5.41) is 32.6. The summed E-state index contributed by atoms with van der Waals surface area (Å²) in [7, 11) is 3.07. The number of ether oxygens (including phenoxy) is 4. The number of aromatic amines is 2. The van der Waals surface area contributed by atoms with Gasteiger partial charge in [0, 0.05) is 56.8 Å². The molecule has 3 amide bonds. The van der Waals surface area contributed by atoms with Crippen molar-refractivity contribution in [2.24, 2.45) is 0 Å². The molecule has 0 unspecified atom stereocenters. The molecule has 11 N–H and O–H groups in total. The number of aromatic nitrogens is 2. The van der Waals surface area contributed by atoms with E-state index in [9.17, 15) is 70.5 Å². The van der Waals surface area contributed by atoms with Gasteiger partial charge in [-0.2, -0.15) is 13.2 Å². The summed E-state index contributed by atoms with van der Waals surface area (Å²) in [6.45, 7) is 14.7. The Morgan fingerprint density at radius 2 is 1.08 bits per heavy atom. The van der Waals surface area contributed by atoms with Crippen LogP contribution in [0.25, 0.3) is 21.1 Å². The molecule has 8 aromatic carbocycles. The van der Waals surface area contributed by atoms with Gasteiger partial charge in [-0.3, -0.25) is 28.7 Å². The van der Waals surface area contributed by atoms with Gasteiger partial charge in [-0.15, -0.1) is 0 Å². The number of nitrogens with one attached hydrogen (secondary N) is 4. The van der Waals surface area contributed by atoms with Crippen molar-refractivity contribution < 1.29 is 79.8 Å². The number of aryl methyl sites for hydroxylation is 8. The Hall–Kier alpha value is -11.0. The number of nitrogens with two attached hydrogens (primary N) is 2. The molecule has 2 aliphatic heterocycles. The monoisotopic (exact) mass is 1530 g/mol. The number of hydrogen-bond acceptors (Lipinski definition) is 19. The molecular formula is C72H74Cl3F3N8O16S2. The van der Waals surface area contributed by atoms with Crippen molar-refractivity contribution in [3.05, 3.63) is 224 Å². The Morgan fingerprint density at radius 1 is 0.587 bits per heavy atom. The summed E-state index contributed by atoms with van der Waals surface area (Å²) >= 11 is 18.0. The number of rotatable bonds is 4. The van der Waals surface area contributed by atoms with E-state index in [0.29, 0.717) is 77.8 Å². The number of sulfonamides is 1. The summed E-state index contributed by atoms with van der Waals surface area (Å²) in [5.41, 5.74) is 19.7. The molecule has 0 fully saturated rings. The minimum absolute atomic E-state index is 0.0112. The molecule has 2 aliphatic rings. The maximum atomic E-state index is 12.3. The van der Waals surface area contributed by atoms with Crippen LogP contribution in [0.15, 0.2) is 137 Å². The average molecular weight is 1530 g/mol. The van der Waals surface area contributed by atoms with Crippen LogP contribution in [-0.2, 0) is 21.0 Å². The minimum atomic E-state index is -4.44. The van der Waals surface area contributed by atoms with Gasteiger partial charge in [-0.25, -0.2) is 18.0 Å². The summed E-state index contributed by atoms with van der Waals surface area (Å²) < 4.78 is 82.8. The van der Waals surface area contributed by atoms with Crippen LogP contribution in [0.1, 0.15) is 70.8 Å². The van der Waals surface area contributed by atoms with Crippen LogP contribution >= 0.6 is 46.1 Å². The zero-order valence-corrected chi connectivity index (χ0v) is 61.9. The molecule has 0 bridgehead atoms. The number of para-hydroxylation sites is 1. The number of phenols is 3. The lowest BCUT2D eigenvalue weighted by molar-refractivity contribution is -0.137. The Bertz CT molecular complexity index is 4920. The van der Waals surface area contributed by atoms with Crippen LogP contribution in [0.2, 0.25) is 15.1 Å². The van der Waals surface area contributed by atoms with Gasteiger partial charge in [0.15, 0.2) is 6.61 Å². The summed E-state index contributed by atoms with van der Waals surface area (Å²) in [6, 6.07) is 34.4. The third-order valence-electron chi connectivity index (χ3n) is 14.0. The fraction of sp³-hybridized carbons (Fsp3) is 0.208. The SMILES string of the molecule is Cc1cc(C=O)cc(C=O)c1.Cc1cc(Cl)c(N)c(C(F)(F)F)c1.Cc1cc(Cl)c(N)c(Cl)c1.Cc1cc(OC(=O)N(C)C)cc(OC(=O)N(C)C)c1.Cc1ccc(O)c2[nH]c(=O)ccc12.Cc1ccc(O)c2[nH]c(=O)sc12.Cc1ccc(O)c2c1OCC(=O)N2.Cc1cccc2c1OCS(=O)(=O)N2. The van der Waals surface area contributed by atoms with Gasteiger partial charge >= 0.3 is 23.2 Å². The third-order valence-corrected chi connectivity index (χ3v) is 16.9. The molecule has 0 saturated carbocycles. The lowest BCUT2D eigenvalue weighted by Gasteiger charge is -2.20. The predicted molar refractivity (Wildman–Crippen MR) is 400 cm³/mol. The molecule has 12 rings (SSSR count). The number of alkyl halides is 3. The van der Waals surface area contributed by atoms with E-state index in [4.69, 9.17) is 65.2 Å². The number of hydrogen-bond donors (Lipinski definition) is 9. The second kappa shape index (κ2) is 37.3. The number of anilines is 4. The number of nitrogen functional groups attached to an aromatic ring is 2. The molecule has 10 aromatic rings. The Morgan fingerprint density at radius 3 is 1.62 bits per heavy atom. The zero-order valence-electron chi connectivity index (χ0n) is 58.0. The van der Waals surface area contributed by atoms with Gasteiger partial charge < -0.3 is 70.8 Å². The molecule has 0 spiro atoms. The van der Waals surface area contributed by atoms with Crippen LogP contribution < -0.4 is 50.9 Å². The first-order chi connectivity index (χ1) is 48.6. The number of fused-ring (bicyclic) bond motifs is 4. The fourth-order valence-electron chi connectivity index (χ4n) is 8.98. The van der Waals surface area contributed by atoms with Gasteiger partial charge in [0.2, 0.25) is 11.5 Å². The topological polar surface area (TPSA) is 365 Å². The van der Waals surface area contributed by atoms with Gasteiger partial charge in [-0.05, 0) is 185 Å². The van der Waals surface area contributed by atoms with Crippen molar-refractivity contribution in [2.45, 2.75) is 61.6 Å². The first-order valence-corrected chi connectivity index (χ1v) is 34.1. The molecule has 0 radical (unpaired) electrons. The summed E-state index contributed by atoms with van der Waals surface area (Å²) in [4.78, 5) is 84.1. The van der Waals surface area contributed by atoms with Crippen LogP contribution in [0, 0.1) is 55.4 Å². The van der Waals surface area contributed by atoms with Crippen molar-refractivity contribution in [3.8, 4) is 40.2 Å². The second-order valence-electron chi connectivity index (χ2n) is 23.3. The van der Waals surface area contributed by atoms with E-state index in [0.717, 1.165) is 79.0 Å². The summed E-state index contributed by atoms with van der Waals surface area (Å²) in [5.74, 6) is 1.58. The van der Waals surface area contributed by atoms with Crippen LogP contribution in [0.5, 0.6) is 40.2 Å². The van der Waals surface area contributed by atoms with Crippen LogP contribution in [0.3, 0.4) is 0 Å². The molecule has 104 heavy (non-hydrogen) atoms. The number of benzene rings is 8. The number of carbonyl (C=O) groups is 5. The van der Waals surface area contributed by atoms with Crippen LogP contribution in [-0.4, -0.2) is 115 Å². The molecule has 552 valence electrons. The Labute approximate surface area is 614 Å². The number of aromatic hydroxyl groups is 3. The molecule has 0 aliphatic carbocycles. The molecule has 4 heterocycles. The van der Waals surface area contributed by atoms with E-state index in [2.05, 4.69) is 20.0 Å². The first-order valence-electron chi connectivity index (χ1n) is 30.5. The number of phenolic OH excluding ortho intramolecular Hbond substituents is 3. The zero-order chi connectivity index (χ0) is 77.8. The van der Waals surface area contributed by atoms with E-state index < -0.39 is 39.6 Å². The largest absolute Gasteiger partial charge is 0.506 e. The number of H-pyrrole nitrogens is 2. The Balaban J connectivity index is 0.000000215. The van der Waals surface area contributed by atoms with Crippen molar-refractivity contribution in [3.63, 3.8) is 0 Å². The van der Waals surface area contributed by atoms with E-state index in [-0.39, 0.29) is 51.2 Å². The molecule has 0 atom stereocenters. The number of carbonyl (C=O) groups excluding carboxylic acids is 5. The first kappa shape index (κ1) is 83.7. The van der Waals surface area contributed by atoms with E-state index in [1.165, 1.54) is 41.0 Å². The van der Waals surface area contributed by atoms with Crippen molar-refractivity contribution in [1.29, 1.82) is 0 Å². The highest BCUT2D eigenvalue weighted by atomic mass is 35.5. The van der Waals surface area contributed by atoms with Gasteiger partial charge in [0.25, 0.3) is 15.9 Å². The molecular weight excluding hydrogens is 1460 g/mol. The molecule has 24 nitrogen and oxygen atoms in total. The van der Waals surface area contributed by atoms with Gasteiger partial charge in [-0.1, -0.05) is 76.5 Å². The van der Waals surface area contributed by atoms with Gasteiger partial charge in [0.1, 0.15) is 64.0 Å². The standard InChI is InChI=1S/C13H18N2O4.C10H9NO2.C9H9NO3.C9H8O2.C8H7ClF3N.C8H9NO3S.C8H7NO2S.C7H7Cl2N/c1-9-6-10(18-12(16)14(2)3)8-11(7-9)19-13(17)15(4)5;1-6-2-4-8(12)10-7(6)3-5-9(13)11-10;1-5-2-3-6(11)8-9(5)13-4-7(12)10-8;1-7-2-8(5-10)4-9(3-7)6-11;1-4-2-5(8(10,11)12)7(13)6(9)3-4;1-6-3-2-4-7-8(6)12-5-13(10,11)9-7;1-4-2-3-5(10)6-7(4)12-8(11)9-6;1-4-2-5(8)7(10)6(9)3-4/h6-8H,1-5H3;2-5,12H,1H3,(H,11,13);2-3,11H,4H2,1H3,(H,10,12);2-6H,1H3;2-3H,13H2,1H3;2-4,9H,5H2,1H3;2-3,10H,1H3,(H,9,11);2-3H,10H2,1H3. The number of nitrogens with zero attached hydrogens (tertiary/aromatic N) is 2. The predicted octanol–water partition coefficient (Wildman–Crippen LogP) is 15.1. The Kier molecular flexibility index (Phi) is 30.0. The molecule has 2 aromatic heterocycles.